The van der Waals surface area contributed by atoms with Crippen molar-refractivity contribution in [2.24, 2.45) is 10.2 Å². The molecule has 0 atom stereocenters. The van der Waals surface area contributed by atoms with E-state index in [1.165, 1.54) is 12.7 Å². The first-order valence-corrected chi connectivity index (χ1v) is 7.25. The van der Waals surface area contributed by atoms with Crippen molar-refractivity contribution in [2.75, 3.05) is 19.8 Å². The van der Waals surface area contributed by atoms with Crippen LogP contribution in [-0.2, 0) is 18.3 Å². The third-order valence-electron chi connectivity index (χ3n) is 1.52. The zero-order valence-electron chi connectivity index (χ0n) is 11.1. The van der Waals surface area contributed by atoms with E-state index in [2.05, 4.69) is 15.0 Å². The molecule has 18 heavy (non-hydrogen) atoms. The number of rotatable bonds is 7. The van der Waals surface area contributed by atoms with Gasteiger partial charge >= 0.3 is 13.7 Å². The predicted octanol–water partition coefficient (Wildman–Crippen LogP) is 3.72. The highest BCUT2D eigenvalue weighted by atomic mass is 31.2. The summed E-state index contributed by atoms with van der Waals surface area (Å²) in [6, 6.07) is 0. The Morgan fingerprint density at radius 1 is 1.11 bits per heavy atom. The third-order valence-corrected chi connectivity index (χ3v) is 3.45. The molecule has 104 valence electrons. The lowest BCUT2D eigenvalue weighted by molar-refractivity contribution is 0.161. The summed E-state index contributed by atoms with van der Waals surface area (Å²) in [6.45, 7) is 7.31. The molecule has 0 heterocycles. The van der Waals surface area contributed by atoms with Crippen LogP contribution in [0.3, 0.4) is 0 Å². The number of amides is 1. The van der Waals surface area contributed by atoms with Crippen LogP contribution in [0.25, 0.3) is 0 Å². The van der Waals surface area contributed by atoms with Gasteiger partial charge in [0.05, 0.1) is 31.3 Å². The molecule has 0 saturated carbocycles. The third kappa shape index (κ3) is 7.32. The van der Waals surface area contributed by atoms with Crippen LogP contribution in [0, 0.1) is 0 Å². The van der Waals surface area contributed by atoms with Crippen molar-refractivity contribution in [1.29, 1.82) is 0 Å². The summed E-state index contributed by atoms with van der Waals surface area (Å²) < 4.78 is 26.7. The van der Waals surface area contributed by atoms with E-state index in [1.807, 2.05) is 0 Å². The van der Waals surface area contributed by atoms with Crippen LogP contribution in [0.1, 0.15) is 27.7 Å². The molecule has 0 spiro atoms. The molecular formula is C10H19N2O5P. The molecule has 0 radical (unpaired) electrons. The minimum atomic E-state index is -3.32. The van der Waals surface area contributed by atoms with Gasteiger partial charge in [-0.05, 0) is 27.7 Å². The van der Waals surface area contributed by atoms with E-state index in [4.69, 9.17) is 9.05 Å². The molecule has 0 aliphatic carbocycles. The predicted molar refractivity (Wildman–Crippen MR) is 66.5 cm³/mol. The first kappa shape index (κ1) is 17.0. The fourth-order valence-corrected chi connectivity index (χ4v) is 2.45. The summed E-state index contributed by atoms with van der Waals surface area (Å²) in [5, 5.41) is 6.85. The maximum Gasteiger partial charge on any atom is 0.452 e. The van der Waals surface area contributed by atoms with Gasteiger partial charge in [-0.1, -0.05) is 5.11 Å². The number of allylic oxidation sites excluding steroid dienone is 1. The minimum Gasteiger partial charge on any atom is -0.447 e. The Balaban J connectivity index is 4.71. The zero-order chi connectivity index (χ0) is 14.0. The number of hydrogen-bond acceptors (Lipinski definition) is 6. The van der Waals surface area contributed by atoms with Crippen molar-refractivity contribution in [2.45, 2.75) is 27.7 Å². The molecule has 0 bridgehead atoms. The van der Waals surface area contributed by atoms with Gasteiger partial charge in [-0.2, -0.15) is 0 Å². The van der Waals surface area contributed by atoms with Crippen molar-refractivity contribution in [3.8, 4) is 0 Å². The van der Waals surface area contributed by atoms with Crippen LogP contribution in [-0.4, -0.2) is 25.9 Å². The Hall–Kier alpha value is -1.04. The van der Waals surface area contributed by atoms with E-state index in [0.717, 1.165) is 0 Å². The zero-order valence-corrected chi connectivity index (χ0v) is 12.0. The average molecular weight is 278 g/mol. The Morgan fingerprint density at radius 3 is 2.11 bits per heavy atom. The fourth-order valence-electron chi connectivity index (χ4n) is 0.998. The highest BCUT2D eigenvalue weighted by Gasteiger charge is 2.20. The molecule has 0 aromatic carbocycles. The summed E-state index contributed by atoms with van der Waals surface area (Å²) in [5.41, 5.74) is 0.258. The van der Waals surface area contributed by atoms with Crippen molar-refractivity contribution < 1.29 is 23.1 Å². The van der Waals surface area contributed by atoms with Crippen LogP contribution < -0.4 is 0 Å². The standard InChI is InChI=1S/C10H19N2O5P/c1-5-15-10(13)12-11-9(4)8-18(14,16-6-2)17-7-3/h8H,5-7H2,1-4H3/b9-8+,12-11?. The summed E-state index contributed by atoms with van der Waals surface area (Å²) in [4.78, 5) is 10.9. The fraction of sp³-hybridized carbons (Fsp3) is 0.700. The Bertz CT molecular complexity index is 357. The highest BCUT2D eigenvalue weighted by molar-refractivity contribution is 7.57. The van der Waals surface area contributed by atoms with Crippen molar-refractivity contribution in [1.82, 2.24) is 0 Å². The molecule has 7 nitrogen and oxygen atoms in total. The number of nitrogens with zero attached hydrogens (tertiary/aromatic N) is 2. The van der Waals surface area contributed by atoms with Gasteiger partial charge in [-0.3, -0.25) is 4.57 Å². The minimum absolute atomic E-state index is 0.219. The number of carbonyl (C=O) groups excluding carboxylic acids is 1. The SMILES string of the molecule is CCOC(=O)N=N/C(C)=C/P(=O)(OCC)OCC. The molecule has 0 aliphatic rings. The van der Waals surface area contributed by atoms with E-state index in [-0.39, 0.29) is 25.5 Å². The van der Waals surface area contributed by atoms with Gasteiger partial charge in [0.25, 0.3) is 0 Å². The maximum absolute atomic E-state index is 12.1. The molecule has 1 amide bonds. The van der Waals surface area contributed by atoms with E-state index >= 15 is 0 Å². The van der Waals surface area contributed by atoms with Gasteiger partial charge in [0.1, 0.15) is 0 Å². The molecule has 0 aromatic heterocycles. The van der Waals surface area contributed by atoms with Crippen LogP contribution in [0.4, 0.5) is 4.79 Å². The normalized spacial score (nSPS) is 13.0. The van der Waals surface area contributed by atoms with Gasteiger partial charge in [0.2, 0.25) is 0 Å². The second-order valence-corrected chi connectivity index (χ2v) is 4.90. The maximum atomic E-state index is 12.1. The number of ether oxygens (including phenoxy) is 1. The lowest BCUT2D eigenvalue weighted by Gasteiger charge is -2.12. The van der Waals surface area contributed by atoms with Gasteiger partial charge in [0.15, 0.2) is 0 Å². The smallest absolute Gasteiger partial charge is 0.447 e. The van der Waals surface area contributed by atoms with Gasteiger partial charge in [-0.15, -0.1) is 5.11 Å². The lowest BCUT2D eigenvalue weighted by Crippen LogP contribution is -1.96. The molecule has 0 aliphatic heterocycles. The molecule has 0 N–H and O–H groups in total. The Kier molecular flexibility index (Phi) is 8.45. The van der Waals surface area contributed by atoms with Crippen molar-refractivity contribution in [3.63, 3.8) is 0 Å². The molecule has 0 aromatic rings. The second-order valence-electron chi connectivity index (χ2n) is 3.04. The first-order chi connectivity index (χ1) is 8.47. The van der Waals surface area contributed by atoms with Gasteiger partial charge in [0, 0.05) is 0 Å². The Labute approximate surface area is 107 Å². The summed E-state index contributed by atoms with van der Waals surface area (Å²) in [7, 11) is -3.32. The van der Waals surface area contributed by atoms with E-state index in [0.29, 0.717) is 0 Å². The second kappa shape index (κ2) is 8.97. The van der Waals surface area contributed by atoms with Gasteiger partial charge in [-0.25, -0.2) is 4.79 Å². The van der Waals surface area contributed by atoms with E-state index in [1.54, 1.807) is 20.8 Å². The number of hydrogen-bond donors (Lipinski definition) is 0. The van der Waals surface area contributed by atoms with E-state index < -0.39 is 13.7 Å². The van der Waals surface area contributed by atoms with Gasteiger partial charge < -0.3 is 13.8 Å². The van der Waals surface area contributed by atoms with Crippen LogP contribution >= 0.6 is 7.60 Å². The largest absolute Gasteiger partial charge is 0.452 e. The molecule has 0 saturated heterocycles. The quantitative estimate of drug-likeness (QED) is 0.523. The number of carbonyl (C=O) groups is 1. The highest BCUT2D eigenvalue weighted by Crippen LogP contribution is 2.50. The monoisotopic (exact) mass is 278 g/mol. The van der Waals surface area contributed by atoms with Crippen LogP contribution in [0.5, 0.6) is 0 Å². The van der Waals surface area contributed by atoms with Crippen LogP contribution in [0.2, 0.25) is 0 Å². The number of azo groups is 1. The van der Waals surface area contributed by atoms with Crippen LogP contribution in [0.15, 0.2) is 21.7 Å². The molecule has 0 unspecified atom stereocenters. The Morgan fingerprint density at radius 2 is 1.67 bits per heavy atom. The van der Waals surface area contributed by atoms with E-state index in [9.17, 15) is 9.36 Å². The lowest BCUT2D eigenvalue weighted by atomic mass is 10.6. The topological polar surface area (TPSA) is 86.6 Å². The molecular weight excluding hydrogens is 259 g/mol. The average Bonchev–Trinajstić information content (AvgIpc) is 2.27. The van der Waals surface area contributed by atoms with Crippen molar-refractivity contribution in [3.05, 3.63) is 11.5 Å². The first-order valence-electron chi connectivity index (χ1n) is 5.64. The molecule has 0 rings (SSSR count). The summed E-state index contributed by atoms with van der Waals surface area (Å²) in [5.74, 6) is 1.22. The van der Waals surface area contributed by atoms with Crippen molar-refractivity contribution >= 4 is 13.7 Å². The molecule has 0 fully saturated rings. The molecule has 8 heteroatoms. The summed E-state index contributed by atoms with van der Waals surface area (Å²) >= 11 is 0. The summed E-state index contributed by atoms with van der Waals surface area (Å²) in [6.07, 6.45) is -0.798.